The molecular weight excluding hydrogens is 685 g/mol. The lowest BCUT2D eigenvalue weighted by Crippen LogP contribution is -1.91. The van der Waals surface area contributed by atoms with Crippen molar-refractivity contribution in [3.8, 4) is 56.0 Å². The quantitative estimate of drug-likeness (QED) is 0.156. The minimum atomic E-state index is 0.879. The summed E-state index contributed by atoms with van der Waals surface area (Å²) < 4.78 is 12.8. The summed E-state index contributed by atoms with van der Waals surface area (Å²) >= 11 is 0. The molecule has 10 aromatic rings. The molecule has 0 unspecified atom stereocenters. The normalized spacial score (nSPS) is 11.2. The molecule has 10 rings (SSSR count). The van der Waals surface area contributed by atoms with E-state index in [1.807, 2.05) is 36.4 Å². The van der Waals surface area contributed by atoms with Gasteiger partial charge in [-0.1, -0.05) is 121 Å². The van der Waals surface area contributed by atoms with Crippen LogP contribution in [-0.2, 0) is 0 Å². The summed E-state index contributed by atoms with van der Waals surface area (Å²) in [5, 5.41) is 9.34. The third-order valence-electron chi connectivity index (χ3n) is 10.3. The highest BCUT2D eigenvalue weighted by molar-refractivity contribution is 6.03. The van der Waals surface area contributed by atoms with E-state index in [0.717, 1.165) is 101 Å². The molecule has 0 saturated carbocycles. The average molecular weight is 721 g/mol. The minimum absolute atomic E-state index is 0.879. The molecule has 2 N–H and O–H groups in total. The fourth-order valence-corrected chi connectivity index (χ4v) is 7.52. The molecule has 56 heavy (non-hydrogen) atoms. The van der Waals surface area contributed by atoms with Crippen LogP contribution in [0.1, 0.15) is 0 Å². The van der Waals surface area contributed by atoms with Gasteiger partial charge in [0.15, 0.2) is 0 Å². The van der Waals surface area contributed by atoms with Crippen LogP contribution in [-0.4, -0.2) is 0 Å². The fraction of sp³-hybridized carbons (Fsp3) is 0. The van der Waals surface area contributed by atoms with Gasteiger partial charge < -0.3 is 19.5 Å². The van der Waals surface area contributed by atoms with Crippen LogP contribution in [0.4, 0.5) is 22.7 Å². The molecule has 0 fully saturated rings. The average Bonchev–Trinajstić information content (AvgIpc) is 3.85. The lowest BCUT2D eigenvalue weighted by Gasteiger charge is -2.11. The third-order valence-corrected chi connectivity index (χ3v) is 10.3. The Bertz CT molecular complexity index is 2700. The monoisotopic (exact) mass is 720 g/mol. The summed E-state index contributed by atoms with van der Waals surface area (Å²) in [6.07, 6.45) is 0. The van der Waals surface area contributed by atoms with Gasteiger partial charge in [-0.25, -0.2) is 0 Å². The summed E-state index contributed by atoms with van der Waals surface area (Å²) in [4.78, 5) is 0. The van der Waals surface area contributed by atoms with E-state index in [1.54, 1.807) is 0 Å². The lowest BCUT2D eigenvalue weighted by atomic mass is 9.98. The van der Waals surface area contributed by atoms with Crippen LogP contribution in [0.3, 0.4) is 0 Å². The van der Waals surface area contributed by atoms with E-state index in [9.17, 15) is 0 Å². The first-order valence-corrected chi connectivity index (χ1v) is 18.8. The molecule has 2 aromatic heterocycles. The first-order valence-electron chi connectivity index (χ1n) is 18.8. The second kappa shape index (κ2) is 14.3. The zero-order valence-corrected chi connectivity index (χ0v) is 30.4. The summed E-state index contributed by atoms with van der Waals surface area (Å²) in [7, 11) is 0. The second-order valence-corrected chi connectivity index (χ2v) is 13.9. The predicted octanol–water partition coefficient (Wildman–Crippen LogP) is 15.0. The number of furan rings is 2. The molecule has 0 radical (unpaired) electrons. The molecular formula is C52H36N2O2. The van der Waals surface area contributed by atoms with E-state index in [0.29, 0.717) is 0 Å². The Morgan fingerprint density at radius 1 is 0.250 bits per heavy atom. The minimum Gasteiger partial charge on any atom is -0.455 e. The Balaban J connectivity index is 0.812. The summed E-state index contributed by atoms with van der Waals surface area (Å²) in [5.74, 6) is 1.76. The maximum atomic E-state index is 6.41. The number of hydrogen-bond donors (Lipinski definition) is 2. The van der Waals surface area contributed by atoms with Crippen molar-refractivity contribution < 1.29 is 8.83 Å². The molecule has 4 heteroatoms. The maximum absolute atomic E-state index is 6.41. The van der Waals surface area contributed by atoms with E-state index in [1.165, 1.54) is 0 Å². The van der Waals surface area contributed by atoms with Gasteiger partial charge in [0, 0.05) is 55.8 Å². The molecule has 4 nitrogen and oxygen atoms in total. The van der Waals surface area contributed by atoms with Gasteiger partial charge in [-0.05, 0) is 107 Å². The standard InChI is InChI=1S/C52H36N2O2/c1-3-11-37(12-4-1)49-45-15-7-9-17-47(45)55-51(49)39-23-31-43(32-24-39)53-41-27-19-35(20-28-41)36-21-29-42(30-22-36)54-44-33-25-40(26-34-44)52-50(38-13-5-2-6-14-38)46-16-8-10-18-48(46)56-52/h1-34,53-54H. The van der Waals surface area contributed by atoms with Gasteiger partial charge in [-0.2, -0.15) is 0 Å². The maximum Gasteiger partial charge on any atom is 0.143 e. The first-order chi connectivity index (χ1) is 27.7. The Kier molecular flexibility index (Phi) is 8.47. The van der Waals surface area contributed by atoms with Crippen LogP contribution in [0.2, 0.25) is 0 Å². The van der Waals surface area contributed by atoms with Gasteiger partial charge in [0.1, 0.15) is 22.7 Å². The molecule has 0 amide bonds. The zero-order chi connectivity index (χ0) is 37.3. The van der Waals surface area contributed by atoms with Gasteiger partial charge in [0.05, 0.1) is 0 Å². The van der Waals surface area contributed by atoms with Crippen molar-refractivity contribution in [1.29, 1.82) is 0 Å². The number of nitrogens with one attached hydrogen (secondary N) is 2. The summed E-state index contributed by atoms with van der Waals surface area (Å²) in [5.41, 5.74) is 14.7. The zero-order valence-electron chi connectivity index (χ0n) is 30.4. The Labute approximate surface area is 325 Å². The molecule has 0 bridgehead atoms. The fourth-order valence-electron chi connectivity index (χ4n) is 7.52. The first kappa shape index (κ1) is 33.0. The molecule has 0 aliphatic heterocycles. The van der Waals surface area contributed by atoms with Crippen LogP contribution < -0.4 is 10.6 Å². The van der Waals surface area contributed by atoms with Crippen LogP contribution in [0.25, 0.3) is 78.0 Å². The molecule has 0 aliphatic rings. The number of anilines is 4. The van der Waals surface area contributed by atoms with Gasteiger partial charge in [0.25, 0.3) is 0 Å². The van der Waals surface area contributed by atoms with Crippen molar-refractivity contribution in [2.45, 2.75) is 0 Å². The molecule has 2 heterocycles. The highest BCUT2D eigenvalue weighted by atomic mass is 16.3. The third kappa shape index (κ3) is 6.40. The summed E-state index contributed by atoms with van der Waals surface area (Å²) in [6.45, 7) is 0. The van der Waals surface area contributed by atoms with E-state index in [-0.39, 0.29) is 0 Å². The SMILES string of the molecule is c1ccc(-c2c(-c3ccc(Nc4ccc(-c5ccc(Nc6ccc(-c7oc8ccccc8c7-c7ccccc7)cc6)cc5)cc4)cc3)oc3ccccc23)cc1. The number of benzene rings is 8. The number of rotatable bonds is 9. The lowest BCUT2D eigenvalue weighted by molar-refractivity contribution is 0.632. The molecule has 0 saturated heterocycles. The topological polar surface area (TPSA) is 50.3 Å². The van der Waals surface area contributed by atoms with Gasteiger partial charge in [-0.15, -0.1) is 0 Å². The number of fused-ring (bicyclic) bond motifs is 2. The van der Waals surface area contributed by atoms with Crippen molar-refractivity contribution in [3.63, 3.8) is 0 Å². The second-order valence-electron chi connectivity index (χ2n) is 13.9. The van der Waals surface area contributed by atoms with Crippen LogP contribution >= 0.6 is 0 Å². The number of hydrogen-bond acceptors (Lipinski definition) is 4. The van der Waals surface area contributed by atoms with Crippen molar-refractivity contribution in [1.82, 2.24) is 0 Å². The van der Waals surface area contributed by atoms with Crippen LogP contribution in [0, 0.1) is 0 Å². The highest BCUT2D eigenvalue weighted by Crippen LogP contribution is 2.42. The largest absolute Gasteiger partial charge is 0.455 e. The van der Waals surface area contributed by atoms with E-state index in [4.69, 9.17) is 8.83 Å². The number of para-hydroxylation sites is 2. The van der Waals surface area contributed by atoms with Crippen LogP contribution in [0.5, 0.6) is 0 Å². The van der Waals surface area contributed by atoms with Gasteiger partial charge in [0.2, 0.25) is 0 Å². The van der Waals surface area contributed by atoms with Gasteiger partial charge >= 0.3 is 0 Å². The smallest absolute Gasteiger partial charge is 0.143 e. The van der Waals surface area contributed by atoms with Crippen molar-refractivity contribution in [2.24, 2.45) is 0 Å². The van der Waals surface area contributed by atoms with E-state index in [2.05, 4.69) is 180 Å². The molecule has 0 atom stereocenters. The van der Waals surface area contributed by atoms with Crippen molar-refractivity contribution in [2.75, 3.05) is 10.6 Å². The van der Waals surface area contributed by atoms with E-state index >= 15 is 0 Å². The van der Waals surface area contributed by atoms with Gasteiger partial charge in [-0.3, -0.25) is 0 Å². The predicted molar refractivity (Wildman–Crippen MR) is 233 cm³/mol. The van der Waals surface area contributed by atoms with Crippen molar-refractivity contribution >= 4 is 44.7 Å². The van der Waals surface area contributed by atoms with E-state index < -0.39 is 0 Å². The molecule has 0 aliphatic carbocycles. The molecule has 0 spiro atoms. The van der Waals surface area contributed by atoms with Crippen molar-refractivity contribution in [3.05, 3.63) is 206 Å². The molecule has 8 aromatic carbocycles. The highest BCUT2D eigenvalue weighted by Gasteiger charge is 2.19. The Morgan fingerprint density at radius 2 is 0.554 bits per heavy atom. The Hall–Kier alpha value is -7.56. The summed E-state index contributed by atoms with van der Waals surface area (Å²) in [6, 6.07) is 71.3. The molecule has 266 valence electrons. The van der Waals surface area contributed by atoms with Crippen LogP contribution in [0.15, 0.2) is 215 Å². The Morgan fingerprint density at radius 3 is 0.911 bits per heavy atom.